The largest absolute Gasteiger partial charge is 0.445 e. The first-order valence-corrected chi connectivity index (χ1v) is 11.1. The third-order valence-corrected chi connectivity index (χ3v) is 6.12. The molecule has 33 heavy (non-hydrogen) atoms. The summed E-state index contributed by atoms with van der Waals surface area (Å²) in [4.78, 5) is 30.1. The first-order chi connectivity index (χ1) is 16.2. The van der Waals surface area contributed by atoms with Gasteiger partial charge in [0.05, 0.1) is 11.0 Å². The van der Waals surface area contributed by atoms with Crippen molar-refractivity contribution in [1.29, 1.82) is 0 Å². The van der Waals surface area contributed by atoms with Gasteiger partial charge >= 0.3 is 6.09 Å². The molecule has 0 aliphatic carbocycles. The van der Waals surface area contributed by atoms with Gasteiger partial charge in [-0.1, -0.05) is 42.5 Å². The number of anilines is 1. The number of aromatic nitrogens is 4. The summed E-state index contributed by atoms with van der Waals surface area (Å²) in [5.41, 5.74) is 2.92. The first kappa shape index (κ1) is 20.9. The molecule has 0 saturated carbocycles. The van der Waals surface area contributed by atoms with Crippen molar-refractivity contribution in [3.63, 3.8) is 0 Å². The van der Waals surface area contributed by atoms with E-state index >= 15 is 0 Å². The second kappa shape index (κ2) is 9.28. The molecule has 2 aromatic carbocycles. The Labute approximate surface area is 192 Å². The van der Waals surface area contributed by atoms with Crippen LogP contribution in [0.5, 0.6) is 0 Å². The van der Waals surface area contributed by atoms with E-state index in [1.54, 1.807) is 17.4 Å². The van der Waals surface area contributed by atoms with Gasteiger partial charge in [-0.3, -0.25) is 4.57 Å². The summed E-state index contributed by atoms with van der Waals surface area (Å²) >= 11 is 0. The summed E-state index contributed by atoms with van der Waals surface area (Å²) in [5, 5.41) is 0. The minimum Gasteiger partial charge on any atom is -0.445 e. The molecular weight excluding hydrogens is 416 g/mol. The number of ether oxygens (including phenoxy) is 1. The van der Waals surface area contributed by atoms with Crippen molar-refractivity contribution in [2.75, 3.05) is 25.0 Å². The van der Waals surface area contributed by atoms with Crippen molar-refractivity contribution in [1.82, 2.24) is 24.4 Å². The van der Waals surface area contributed by atoms with Crippen molar-refractivity contribution < 1.29 is 9.53 Å². The Morgan fingerprint density at radius 2 is 1.79 bits per heavy atom. The molecule has 3 heterocycles. The van der Waals surface area contributed by atoms with Gasteiger partial charge in [-0.05, 0) is 36.6 Å². The summed E-state index contributed by atoms with van der Waals surface area (Å²) in [6.07, 6.45) is 4.97. The lowest BCUT2D eigenvalue weighted by atomic mass is 10.0. The Balaban J connectivity index is 1.21. The third kappa shape index (κ3) is 4.50. The Morgan fingerprint density at radius 1 is 1.03 bits per heavy atom. The molecule has 168 valence electrons. The predicted molar refractivity (Wildman–Crippen MR) is 126 cm³/mol. The highest BCUT2D eigenvalue weighted by Gasteiger charge is 2.27. The van der Waals surface area contributed by atoms with E-state index in [0.29, 0.717) is 25.6 Å². The van der Waals surface area contributed by atoms with Crippen LogP contribution in [0.3, 0.4) is 0 Å². The molecule has 1 fully saturated rings. The van der Waals surface area contributed by atoms with Crippen LogP contribution in [0.4, 0.5) is 10.7 Å². The lowest BCUT2D eigenvalue weighted by Gasteiger charge is -2.36. The summed E-state index contributed by atoms with van der Waals surface area (Å²) in [7, 11) is 2.01. The molecule has 8 heteroatoms. The molecule has 0 spiro atoms. The third-order valence-electron chi connectivity index (χ3n) is 6.12. The summed E-state index contributed by atoms with van der Waals surface area (Å²) in [6.45, 7) is 1.59. The molecule has 0 radical (unpaired) electrons. The fraction of sp³-hybridized carbons (Fsp3) is 0.280. The van der Waals surface area contributed by atoms with E-state index in [9.17, 15) is 4.79 Å². The standard InChI is InChI=1S/C25H26N6O2/c1-29(20-12-15-30(16-13-20)25(32)33-17-19-7-3-2-4-8-19)24-26-14-11-23(28-24)31-18-27-21-9-5-6-10-22(21)31/h2-11,14,18,20H,12-13,15-17H2,1H3. The van der Waals surface area contributed by atoms with Crippen molar-refractivity contribution in [2.24, 2.45) is 0 Å². The number of imidazole rings is 1. The minimum absolute atomic E-state index is 0.248. The van der Waals surface area contributed by atoms with Gasteiger partial charge in [0.2, 0.25) is 5.95 Å². The molecule has 4 aromatic rings. The summed E-state index contributed by atoms with van der Waals surface area (Å²) in [6, 6.07) is 19.9. The monoisotopic (exact) mass is 442 g/mol. The number of rotatable bonds is 5. The number of carbonyl (C=O) groups is 1. The average molecular weight is 443 g/mol. The van der Waals surface area contributed by atoms with E-state index in [-0.39, 0.29) is 12.1 Å². The first-order valence-electron chi connectivity index (χ1n) is 11.1. The fourth-order valence-corrected chi connectivity index (χ4v) is 4.19. The van der Waals surface area contributed by atoms with Crippen LogP contribution in [-0.4, -0.2) is 56.7 Å². The molecule has 0 atom stereocenters. The van der Waals surface area contributed by atoms with Gasteiger partial charge in [-0.15, -0.1) is 0 Å². The highest BCUT2D eigenvalue weighted by molar-refractivity contribution is 5.76. The number of benzene rings is 2. The number of hydrogen-bond acceptors (Lipinski definition) is 6. The van der Waals surface area contributed by atoms with Crippen LogP contribution in [0.1, 0.15) is 18.4 Å². The number of fused-ring (bicyclic) bond motifs is 1. The van der Waals surface area contributed by atoms with E-state index in [4.69, 9.17) is 9.72 Å². The van der Waals surface area contributed by atoms with Gasteiger partial charge < -0.3 is 14.5 Å². The topological polar surface area (TPSA) is 76.4 Å². The second-order valence-electron chi connectivity index (χ2n) is 8.19. The Hall–Kier alpha value is -3.94. The fourth-order valence-electron chi connectivity index (χ4n) is 4.19. The smallest absolute Gasteiger partial charge is 0.410 e. The number of piperidine rings is 1. The molecule has 5 rings (SSSR count). The number of para-hydroxylation sites is 2. The maximum Gasteiger partial charge on any atom is 0.410 e. The van der Waals surface area contributed by atoms with Crippen LogP contribution in [0.2, 0.25) is 0 Å². The normalized spacial score (nSPS) is 14.4. The molecule has 1 aliphatic rings. The molecule has 2 aromatic heterocycles. The SMILES string of the molecule is CN(c1nccc(-n2cnc3ccccc32)n1)C1CCN(C(=O)OCc2ccccc2)CC1. The van der Waals surface area contributed by atoms with Gasteiger partial charge in [0.15, 0.2) is 0 Å². The Kier molecular flexibility index (Phi) is 5.89. The van der Waals surface area contributed by atoms with Crippen LogP contribution in [0.25, 0.3) is 16.9 Å². The molecule has 1 saturated heterocycles. The maximum absolute atomic E-state index is 12.5. The van der Waals surface area contributed by atoms with E-state index in [0.717, 1.165) is 35.3 Å². The Bertz CT molecular complexity index is 1230. The minimum atomic E-state index is -0.259. The second-order valence-corrected chi connectivity index (χ2v) is 8.19. The molecule has 0 N–H and O–H groups in total. The van der Waals surface area contributed by atoms with Crippen molar-refractivity contribution in [3.05, 3.63) is 78.8 Å². The van der Waals surface area contributed by atoms with Gasteiger partial charge in [0, 0.05) is 32.4 Å². The van der Waals surface area contributed by atoms with Crippen LogP contribution < -0.4 is 4.90 Å². The van der Waals surface area contributed by atoms with Crippen molar-refractivity contribution >= 4 is 23.1 Å². The van der Waals surface area contributed by atoms with Crippen molar-refractivity contribution in [2.45, 2.75) is 25.5 Å². The molecule has 0 bridgehead atoms. The van der Waals surface area contributed by atoms with Crippen molar-refractivity contribution in [3.8, 4) is 5.82 Å². The van der Waals surface area contributed by atoms with E-state index < -0.39 is 0 Å². The molecule has 1 amide bonds. The number of hydrogen-bond donors (Lipinski definition) is 0. The van der Waals surface area contributed by atoms with Crippen LogP contribution in [0.15, 0.2) is 73.2 Å². The maximum atomic E-state index is 12.5. The summed E-state index contributed by atoms with van der Waals surface area (Å²) in [5.74, 6) is 1.44. The van der Waals surface area contributed by atoms with Gasteiger partial charge in [0.1, 0.15) is 18.8 Å². The van der Waals surface area contributed by atoms with Gasteiger partial charge in [-0.25, -0.2) is 14.8 Å². The number of nitrogens with zero attached hydrogens (tertiary/aromatic N) is 6. The number of amides is 1. The van der Waals surface area contributed by atoms with Gasteiger partial charge in [0.25, 0.3) is 0 Å². The summed E-state index contributed by atoms with van der Waals surface area (Å²) < 4.78 is 7.45. The predicted octanol–water partition coefficient (Wildman–Crippen LogP) is 4.05. The lowest BCUT2D eigenvalue weighted by molar-refractivity contribution is 0.0870. The number of carbonyl (C=O) groups excluding carboxylic acids is 1. The van der Waals surface area contributed by atoms with E-state index in [1.165, 1.54) is 0 Å². The highest BCUT2D eigenvalue weighted by atomic mass is 16.6. The lowest BCUT2D eigenvalue weighted by Crippen LogP contribution is -2.46. The zero-order valence-corrected chi connectivity index (χ0v) is 18.5. The molecule has 1 aliphatic heterocycles. The van der Waals surface area contributed by atoms with E-state index in [2.05, 4.69) is 14.9 Å². The van der Waals surface area contributed by atoms with Crippen LogP contribution in [-0.2, 0) is 11.3 Å². The quantitative estimate of drug-likeness (QED) is 0.464. The van der Waals surface area contributed by atoms with Gasteiger partial charge in [-0.2, -0.15) is 4.98 Å². The zero-order chi connectivity index (χ0) is 22.6. The molecule has 0 unspecified atom stereocenters. The highest BCUT2D eigenvalue weighted by Crippen LogP contribution is 2.22. The number of likely N-dealkylation sites (tertiary alicyclic amines) is 1. The molecular formula is C25H26N6O2. The van der Waals surface area contributed by atoms with E-state index in [1.807, 2.05) is 72.3 Å². The zero-order valence-electron chi connectivity index (χ0n) is 18.5. The van der Waals surface area contributed by atoms with Crippen LogP contribution in [0, 0.1) is 0 Å². The average Bonchev–Trinajstić information content (AvgIpc) is 3.32. The van der Waals surface area contributed by atoms with Crippen LogP contribution >= 0.6 is 0 Å². The molecule has 8 nitrogen and oxygen atoms in total. The Morgan fingerprint density at radius 3 is 2.61 bits per heavy atom.